The molecule has 0 N–H and O–H groups in total. The Morgan fingerprint density at radius 2 is 1.96 bits per heavy atom. The molecular formula is C21H26N4O2. The molecule has 4 rings (SSSR count). The summed E-state index contributed by atoms with van der Waals surface area (Å²) in [6, 6.07) is 10.2. The van der Waals surface area contributed by atoms with Crippen molar-refractivity contribution in [3.05, 3.63) is 42.2 Å². The third-order valence-corrected chi connectivity index (χ3v) is 5.32. The average molecular weight is 366 g/mol. The van der Waals surface area contributed by atoms with E-state index in [2.05, 4.69) is 32.9 Å². The molecule has 27 heavy (non-hydrogen) atoms. The van der Waals surface area contributed by atoms with E-state index in [1.165, 1.54) is 10.9 Å². The van der Waals surface area contributed by atoms with Crippen LogP contribution in [0.4, 0.5) is 0 Å². The van der Waals surface area contributed by atoms with Gasteiger partial charge in [-0.3, -0.25) is 14.4 Å². The van der Waals surface area contributed by atoms with E-state index in [1.54, 1.807) is 0 Å². The molecule has 3 aromatic rings. The topological polar surface area (TPSA) is 52.3 Å². The molecule has 1 aliphatic rings. The van der Waals surface area contributed by atoms with Crippen molar-refractivity contribution < 1.29 is 9.53 Å². The average Bonchev–Trinajstić information content (AvgIpc) is 3.23. The number of carbonyl (C=O) groups excluding carboxylic acids is 1. The fraction of sp³-hybridized carbons (Fsp3) is 0.429. The van der Waals surface area contributed by atoms with Gasteiger partial charge in [0.05, 0.1) is 18.9 Å². The highest BCUT2D eigenvalue weighted by Crippen LogP contribution is 2.30. The second kappa shape index (κ2) is 7.66. The number of aromatic nitrogens is 3. The van der Waals surface area contributed by atoms with Crippen LogP contribution in [0.25, 0.3) is 22.2 Å². The number of rotatable bonds is 6. The number of carbonyl (C=O) groups is 1. The standard InChI is InChI=1S/C21H26N4O2/c1-23-15-17(16-6-3-4-7-19(16)23)20-14-18(22-24(20)2)21(26)8-5-9-25-10-12-27-13-11-25/h3-4,6-7,14-15H,5,8-13H2,1-2H3. The Hall–Kier alpha value is -2.44. The van der Waals surface area contributed by atoms with Crippen LogP contribution in [0.5, 0.6) is 0 Å². The lowest BCUT2D eigenvalue weighted by Crippen LogP contribution is -2.36. The summed E-state index contributed by atoms with van der Waals surface area (Å²) in [7, 11) is 3.95. The van der Waals surface area contributed by atoms with E-state index in [-0.39, 0.29) is 5.78 Å². The molecule has 0 amide bonds. The van der Waals surface area contributed by atoms with Gasteiger partial charge in [0.1, 0.15) is 5.69 Å². The zero-order valence-electron chi connectivity index (χ0n) is 16.0. The van der Waals surface area contributed by atoms with Gasteiger partial charge in [0.25, 0.3) is 0 Å². The first-order chi connectivity index (χ1) is 13.1. The molecule has 0 spiro atoms. The highest BCUT2D eigenvalue weighted by atomic mass is 16.5. The first kappa shape index (κ1) is 17.9. The van der Waals surface area contributed by atoms with Crippen molar-refractivity contribution in [1.29, 1.82) is 0 Å². The molecule has 1 fully saturated rings. The minimum absolute atomic E-state index is 0.116. The maximum atomic E-state index is 12.6. The van der Waals surface area contributed by atoms with Gasteiger partial charge in [-0.1, -0.05) is 18.2 Å². The molecular weight excluding hydrogens is 340 g/mol. The van der Waals surface area contributed by atoms with E-state index < -0.39 is 0 Å². The molecule has 0 aliphatic carbocycles. The van der Waals surface area contributed by atoms with Crippen LogP contribution in [0.2, 0.25) is 0 Å². The minimum Gasteiger partial charge on any atom is -0.379 e. The minimum atomic E-state index is 0.116. The molecule has 1 aromatic carbocycles. The van der Waals surface area contributed by atoms with Crippen LogP contribution in [-0.2, 0) is 18.8 Å². The Morgan fingerprint density at radius 3 is 2.78 bits per heavy atom. The molecule has 6 nitrogen and oxygen atoms in total. The second-order valence-electron chi connectivity index (χ2n) is 7.19. The van der Waals surface area contributed by atoms with Gasteiger partial charge < -0.3 is 9.30 Å². The van der Waals surface area contributed by atoms with Gasteiger partial charge in [0.15, 0.2) is 5.78 Å². The van der Waals surface area contributed by atoms with E-state index in [4.69, 9.17) is 4.74 Å². The smallest absolute Gasteiger partial charge is 0.183 e. The fourth-order valence-electron chi connectivity index (χ4n) is 3.82. The van der Waals surface area contributed by atoms with Crippen LogP contribution < -0.4 is 0 Å². The maximum absolute atomic E-state index is 12.6. The summed E-state index contributed by atoms with van der Waals surface area (Å²) in [6.45, 7) is 4.45. The van der Waals surface area contributed by atoms with Gasteiger partial charge >= 0.3 is 0 Å². The molecule has 142 valence electrons. The molecule has 6 heteroatoms. The van der Waals surface area contributed by atoms with E-state index in [0.717, 1.165) is 50.5 Å². The molecule has 1 aliphatic heterocycles. The quantitative estimate of drug-likeness (QED) is 0.630. The number of fused-ring (bicyclic) bond motifs is 1. The van der Waals surface area contributed by atoms with Crippen LogP contribution in [0.15, 0.2) is 36.5 Å². The zero-order chi connectivity index (χ0) is 18.8. The van der Waals surface area contributed by atoms with Gasteiger partial charge in [-0.15, -0.1) is 0 Å². The van der Waals surface area contributed by atoms with Crippen LogP contribution >= 0.6 is 0 Å². The summed E-state index contributed by atoms with van der Waals surface area (Å²) in [4.78, 5) is 15.0. The van der Waals surface area contributed by atoms with Crippen LogP contribution in [-0.4, -0.2) is 57.9 Å². The van der Waals surface area contributed by atoms with Gasteiger partial charge in [-0.2, -0.15) is 5.10 Å². The molecule has 0 bridgehead atoms. The lowest BCUT2D eigenvalue weighted by atomic mass is 10.1. The Balaban J connectivity index is 1.48. The molecule has 0 radical (unpaired) electrons. The van der Waals surface area contributed by atoms with E-state index in [0.29, 0.717) is 12.1 Å². The predicted molar refractivity (Wildman–Crippen MR) is 106 cm³/mol. The SMILES string of the molecule is Cn1nc(C(=O)CCCN2CCOCC2)cc1-c1cn(C)c2ccccc12. The first-order valence-electron chi connectivity index (χ1n) is 9.55. The lowest BCUT2D eigenvalue weighted by Gasteiger charge is -2.26. The molecule has 0 unspecified atom stereocenters. The number of ether oxygens (including phenoxy) is 1. The third kappa shape index (κ3) is 3.68. The van der Waals surface area contributed by atoms with Crippen LogP contribution in [0.1, 0.15) is 23.3 Å². The lowest BCUT2D eigenvalue weighted by molar-refractivity contribution is 0.0371. The number of morpholine rings is 1. The summed E-state index contributed by atoms with van der Waals surface area (Å²) < 4.78 is 9.29. The molecule has 2 aromatic heterocycles. The summed E-state index contributed by atoms with van der Waals surface area (Å²) in [5, 5.41) is 5.67. The molecule has 0 saturated carbocycles. The van der Waals surface area contributed by atoms with Crippen molar-refractivity contribution in [1.82, 2.24) is 19.2 Å². The number of para-hydroxylation sites is 1. The third-order valence-electron chi connectivity index (χ3n) is 5.32. The normalized spacial score (nSPS) is 15.5. The zero-order valence-corrected chi connectivity index (χ0v) is 16.0. The van der Waals surface area contributed by atoms with Gasteiger partial charge in [0.2, 0.25) is 0 Å². The van der Waals surface area contributed by atoms with Gasteiger partial charge in [-0.25, -0.2) is 0 Å². The van der Waals surface area contributed by atoms with Crippen molar-refractivity contribution in [2.24, 2.45) is 14.1 Å². The number of aryl methyl sites for hydroxylation is 2. The molecule has 3 heterocycles. The van der Waals surface area contributed by atoms with Crippen molar-refractivity contribution in [2.75, 3.05) is 32.8 Å². The Morgan fingerprint density at radius 1 is 1.19 bits per heavy atom. The first-order valence-corrected chi connectivity index (χ1v) is 9.55. The highest BCUT2D eigenvalue weighted by molar-refractivity contribution is 5.98. The van der Waals surface area contributed by atoms with E-state index >= 15 is 0 Å². The van der Waals surface area contributed by atoms with Crippen molar-refractivity contribution in [3.8, 4) is 11.3 Å². The van der Waals surface area contributed by atoms with Crippen molar-refractivity contribution >= 4 is 16.7 Å². The number of nitrogens with zero attached hydrogens (tertiary/aromatic N) is 4. The van der Waals surface area contributed by atoms with Crippen LogP contribution in [0, 0.1) is 0 Å². The summed E-state index contributed by atoms with van der Waals surface area (Å²) in [6.07, 6.45) is 3.50. The summed E-state index contributed by atoms with van der Waals surface area (Å²) in [5.41, 5.74) is 3.81. The molecule has 1 saturated heterocycles. The Labute approximate surface area is 159 Å². The van der Waals surface area contributed by atoms with Crippen LogP contribution in [0.3, 0.4) is 0 Å². The van der Waals surface area contributed by atoms with Crippen molar-refractivity contribution in [3.63, 3.8) is 0 Å². The Bertz CT molecular complexity index is 950. The Kier molecular flexibility index (Phi) is 5.09. The number of hydrogen-bond donors (Lipinski definition) is 0. The maximum Gasteiger partial charge on any atom is 0.183 e. The van der Waals surface area contributed by atoms with Gasteiger partial charge in [-0.05, 0) is 25.1 Å². The largest absolute Gasteiger partial charge is 0.379 e. The number of hydrogen-bond acceptors (Lipinski definition) is 4. The monoisotopic (exact) mass is 366 g/mol. The van der Waals surface area contributed by atoms with Gasteiger partial charge in [0, 0.05) is 56.3 Å². The molecule has 0 atom stereocenters. The summed E-state index contributed by atoms with van der Waals surface area (Å²) in [5.74, 6) is 0.116. The number of ketones is 1. The summed E-state index contributed by atoms with van der Waals surface area (Å²) >= 11 is 0. The fourth-order valence-corrected chi connectivity index (χ4v) is 3.82. The number of Topliss-reactive ketones (excluding diaryl/α,β-unsaturated/α-hetero) is 1. The van der Waals surface area contributed by atoms with Crippen molar-refractivity contribution in [2.45, 2.75) is 12.8 Å². The van der Waals surface area contributed by atoms with E-state index in [1.807, 2.05) is 37.0 Å². The second-order valence-corrected chi connectivity index (χ2v) is 7.19. The predicted octanol–water partition coefficient (Wildman–Crippen LogP) is 2.87. The van der Waals surface area contributed by atoms with E-state index in [9.17, 15) is 4.79 Å². The highest BCUT2D eigenvalue weighted by Gasteiger charge is 2.17. The number of benzene rings is 1.